The second kappa shape index (κ2) is 10.2. The zero-order chi connectivity index (χ0) is 20.3. The Bertz CT molecular complexity index is 973. The van der Waals surface area contributed by atoms with Crippen LogP contribution >= 0.6 is 35.3 Å². The molecule has 1 aromatic carbocycles. The molecule has 3 aromatic rings. The van der Waals surface area contributed by atoms with Crippen molar-refractivity contribution < 1.29 is 9.53 Å². The zero-order valence-electron chi connectivity index (χ0n) is 16.9. The van der Waals surface area contributed by atoms with Gasteiger partial charge in [0.2, 0.25) is 0 Å². The van der Waals surface area contributed by atoms with Crippen molar-refractivity contribution in [2.45, 2.75) is 19.9 Å². The van der Waals surface area contributed by atoms with E-state index < -0.39 is 0 Å². The van der Waals surface area contributed by atoms with E-state index in [1.807, 2.05) is 27.2 Å². The van der Waals surface area contributed by atoms with E-state index in [4.69, 9.17) is 16.3 Å². The number of aryl methyl sites for hydroxylation is 1. The van der Waals surface area contributed by atoms with Gasteiger partial charge in [0.1, 0.15) is 11.3 Å². The predicted octanol–water partition coefficient (Wildman–Crippen LogP) is 4.20. The van der Waals surface area contributed by atoms with Crippen LogP contribution in [0.2, 0.25) is 5.02 Å². The second-order valence-corrected chi connectivity index (χ2v) is 7.98. The number of ether oxygens (including phenoxy) is 1. The molecular formula is C19H25Cl2N5O2S. The summed E-state index contributed by atoms with van der Waals surface area (Å²) in [7, 11) is 5.62. The number of rotatable bonds is 8. The summed E-state index contributed by atoms with van der Waals surface area (Å²) in [5, 5.41) is 5.55. The van der Waals surface area contributed by atoms with Crippen molar-refractivity contribution in [2.24, 2.45) is 0 Å². The molecule has 0 aliphatic carbocycles. The van der Waals surface area contributed by atoms with Gasteiger partial charge in [-0.3, -0.25) is 14.4 Å². The average Bonchev–Trinajstić information content (AvgIpc) is 3.32. The number of anilines is 1. The van der Waals surface area contributed by atoms with E-state index in [1.165, 1.54) is 11.3 Å². The number of thiazole rings is 1. The monoisotopic (exact) mass is 457 g/mol. The molecule has 158 valence electrons. The number of nitrogens with zero attached hydrogens (tertiary/aromatic N) is 5. The van der Waals surface area contributed by atoms with Crippen molar-refractivity contribution in [2.75, 3.05) is 39.2 Å². The molecule has 10 heteroatoms. The first-order chi connectivity index (χ1) is 13.4. The van der Waals surface area contributed by atoms with Gasteiger partial charge >= 0.3 is 0 Å². The third-order valence-electron chi connectivity index (χ3n) is 4.31. The first-order valence-electron chi connectivity index (χ1n) is 9.07. The minimum atomic E-state index is -0.167. The van der Waals surface area contributed by atoms with Crippen LogP contribution in [-0.4, -0.2) is 59.9 Å². The van der Waals surface area contributed by atoms with Crippen molar-refractivity contribution in [1.29, 1.82) is 0 Å². The summed E-state index contributed by atoms with van der Waals surface area (Å²) in [6.45, 7) is 4.09. The topological polar surface area (TPSA) is 63.5 Å². The molecule has 2 heterocycles. The van der Waals surface area contributed by atoms with E-state index in [9.17, 15) is 4.79 Å². The van der Waals surface area contributed by atoms with E-state index in [1.54, 1.807) is 34.9 Å². The van der Waals surface area contributed by atoms with Crippen LogP contribution < -0.4 is 9.64 Å². The molecule has 0 aliphatic heterocycles. The van der Waals surface area contributed by atoms with E-state index in [0.717, 1.165) is 17.7 Å². The van der Waals surface area contributed by atoms with Crippen LogP contribution in [0.5, 0.6) is 5.75 Å². The molecule has 0 aliphatic rings. The maximum Gasteiger partial charge on any atom is 0.280 e. The van der Waals surface area contributed by atoms with Gasteiger partial charge in [0.05, 0.1) is 16.8 Å². The fourth-order valence-electron chi connectivity index (χ4n) is 2.84. The van der Waals surface area contributed by atoms with E-state index in [0.29, 0.717) is 40.2 Å². The number of benzene rings is 1. The van der Waals surface area contributed by atoms with Crippen LogP contribution in [0.4, 0.5) is 5.13 Å². The van der Waals surface area contributed by atoms with E-state index in [-0.39, 0.29) is 18.3 Å². The maximum absolute atomic E-state index is 13.2. The van der Waals surface area contributed by atoms with Crippen LogP contribution in [0.15, 0.2) is 24.4 Å². The number of halogens is 2. The highest BCUT2D eigenvalue weighted by Crippen LogP contribution is 2.39. The Kier molecular flexibility index (Phi) is 8.27. The number of carbonyl (C=O) groups is 1. The summed E-state index contributed by atoms with van der Waals surface area (Å²) in [5.41, 5.74) is 1.07. The molecule has 0 spiro atoms. The number of fused-ring (bicyclic) bond motifs is 1. The molecule has 0 bridgehead atoms. The first kappa shape index (κ1) is 23.4. The minimum Gasteiger partial charge on any atom is -0.494 e. The number of hydrogen-bond acceptors (Lipinski definition) is 6. The lowest BCUT2D eigenvalue weighted by Crippen LogP contribution is -2.33. The number of hydrogen-bond donors (Lipinski definition) is 0. The Morgan fingerprint density at radius 1 is 1.28 bits per heavy atom. The van der Waals surface area contributed by atoms with Gasteiger partial charge in [-0.15, -0.1) is 12.4 Å². The SMILES string of the molecule is CCn1ccc(C(=O)N(CCCN(C)C)c2nc3c(OC)ccc(Cl)c3s2)n1.Cl. The lowest BCUT2D eigenvalue weighted by molar-refractivity contribution is 0.0980. The smallest absolute Gasteiger partial charge is 0.280 e. The van der Waals surface area contributed by atoms with Crippen LogP contribution in [-0.2, 0) is 6.54 Å². The molecular weight excluding hydrogens is 433 g/mol. The molecule has 0 radical (unpaired) electrons. The van der Waals surface area contributed by atoms with Crippen LogP contribution in [0.1, 0.15) is 23.8 Å². The zero-order valence-corrected chi connectivity index (χ0v) is 19.3. The summed E-state index contributed by atoms with van der Waals surface area (Å²) >= 11 is 7.75. The fraction of sp³-hybridized carbons (Fsp3) is 0.421. The molecule has 0 N–H and O–H groups in total. The molecule has 0 atom stereocenters. The van der Waals surface area contributed by atoms with Crippen molar-refractivity contribution in [3.63, 3.8) is 0 Å². The molecule has 29 heavy (non-hydrogen) atoms. The normalized spacial score (nSPS) is 11.0. The van der Waals surface area contributed by atoms with Gasteiger partial charge in [-0.25, -0.2) is 4.98 Å². The molecule has 7 nitrogen and oxygen atoms in total. The standard InChI is InChI=1S/C19H24ClN5O2S.ClH/c1-5-24-12-9-14(22-24)18(26)25(11-6-10-23(2)3)19-21-16-15(27-4)8-7-13(20)17(16)28-19;/h7-9,12H,5-6,10-11H2,1-4H3;1H. The van der Waals surface area contributed by atoms with Crippen molar-refractivity contribution in [3.05, 3.63) is 35.1 Å². The quantitative estimate of drug-likeness (QED) is 0.507. The molecule has 3 rings (SSSR count). The fourth-order valence-corrected chi connectivity index (χ4v) is 4.12. The van der Waals surface area contributed by atoms with Crippen LogP contribution in [0.25, 0.3) is 10.2 Å². The largest absolute Gasteiger partial charge is 0.494 e. The van der Waals surface area contributed by atoms with Crippen molar-refractivity contribution >= 4 is 56.6 Å². The van der Waals surface area contributed by atoms with Crippen LogP contribution in [0.3, 0.4) is 0 Å². The van der Waals surface area contributed by atoms with Crippen molar-refractivity contribution in [1.82, 2.24) is 19.7 Å². The molecule has 2 aromatic heterocycles. The third-order valence-corrected chi connectivity index (χ3v) is 5.85. The third kappa shape index (κ3) is 5.19. The van der Waals surface area contributed by atoms with Gasteiger partial charge in [0, 0.05) is 19.3 Å². The Morgan fingerprint density at radius 3 is 2.66 bits per heavy atom. The van der Waals surface area contributed by atoms with E-state index >= 15 is 0 Å². The molecule has 0 saturated carbocycles. The first-order valence-corrected chi connectivity index (χ1v) is 10.3. The van der Waals surface area contributed by atoms with Gasteiger partial charge in [0.25, 0.3) is 5.91 Å². The summed E-state index contributed by atoms with van der Waals surface area (Å²) < 4.78 is 7.96. The average molecular weight is 458 g/mol. The molecule has 0 unspecified atom stereocenters. The summed E-state index contributed by atoms with van der Waals surface area (Å²) in [5.74, 6) is 0.470. The molecule has 1 amide bonds. The second-order valence-electron chi connectivity index (χ2n) is 6.59. The number of amides is 1. The van der Waals surface area contributed by atoms with Gasteiger partial charge in [-0.2, -0.15) is 5.10 Å². The number of methoxy groups -OCH3 is 1. The van der Waals surface area contributed by atoms with Gasteiger partial charge in [-0.05, 0) is 52.2 Å². The van der Waals surface area contributed by atoms with E-state index in [2.05, 4.69) is 15.0 Å². The van der Waals surface area contributed by atoms with Gasteiger partial charge in [0.15, 0.2) is 10.8 Å². The van der Waals surface area contributed by atoms with Gasteiger partial charge < -0.3 is 9.64 Å². The highest BCUT2D eigenvalue weighted by atomic mass is 35.5. The lowest BCUT2D eigenvalue weighted by atomic mass is 10.3. The maximum atomic E-state index is 13.2. The Balaban J connectivity index is 0.00000300. The predicted molar refractivity (Wildman–Crippen MR) is 121 cm³/mol. The Hall–Kier alpha value is -1.87. The highest BCUT2D eigenvalue weighted by Gasteiger charge is 2.24. The summed E-state index contributed by atoms with van der Waals surface area (Å²) in [6, 6.07) is 5.31. The minimum absolute atomic E-state index is 0. The number of carbonyl (C=O) groups excluding carboxylic acids is 1. The van der Waals surface area contributed by atoms with Gasteiger partial charge in [-0.1, -0.05) is 22.9 Å². The molecule has 0 fully saturated rings. The summed E-state index contributed by atoms with van der Waals surface area (Å²) in [4.78, 5) is 21.7. The lowest BCUT2D eigenvalue weighted by Gasteiger charge is -2.20. The molecule has 0 saturated heterocycles. The Labute approximate surface area is 185 Å². The highest BCUT2D eigenvalue weighted by molar-refractivity contribution is 7.23. The number of aromatic nitrogens is 3. The summed E-state index contributed by atoms with van der Waals surface area (Å²) in [6.07, 6.45) is 2.62. The van der Waals surface area contributed by atoms with Crippen molar-refractivity contribution in [3.8, 4) is 5.75 Å². The Morgan fingerprint density at radius 2 is 2.03 bits per heavy atom. The van der Waals surface area contributed by atoms with Crippen LogP contribution in [0, 0.1) is 0 Å².